The molecule has 0 bridgehead atoms. The molecule has 0 unspecified atom stereocenters. The van der Waals surface area contributed by atoms with Gasteiger partial charge in [0, 0.05) is 31.4 Å². The zero-order chi connectivity index (χ0) is 19.1. The number of aryl methyl sites for hydroxylation is 2. The van der Waals surface area contributed by atoms with Gasteiger partial charge in [0.2, 0.25) is 0 Å². The zero-order valence-electron chi connectivity index (χ0n) is 16.3. The predicted molar refractivity (Wildman–Crippen MR) is 115 cm³/mol. The molecule has 1 aliphatic heterocycles. The molecular weight excluding hydrogens is 364 g/mol. The van der Waals surface area contributed by atoms with E-state index in [2.05, 4.69) is 64.5 Å². The van der Waals surface area contributed by atoms with Crippen molar-refractivity contribution in [1.29, 1.82) is 0 Å². The van der Waals surface area contributed by atoms with E-state index < -0.39 is 0 Å². The van der Waals surface area contributed by atoms with E-state index in [1.165, 1.54) is 38.9 Å². The average Bonchev–Trinajstić information content (AvgIpc) is 3.30. The highest BCUT2D eigenvalue weighted by Gasteiger charge is 2.21. The molecule has 2 aromatic heterocycles. The van der Waals surface area contributed by atoms with E-state index in [0.29, 0.717) is 6.04 Å². The van der Waals surface area contributed by atoms with Crippen molar-refractivity contribution in [2.45, 2.75) is 32.4 Å². The van der Waals surface area contributed by atoms with E-state index in [4.69, 9.17) is 0 Å². The lowest BCUT2D eigenvalue weighted by Gasteiger charge is -2.28. The standard InChI is InChI=1S/C23H24N4S/c1-16(17-7-8-23-22(11-17)24-15-28-23)27-9-3-4-18-10-19(5-6-20(18)14-27)21-12-25-26(2)13-21/h5-8,10-13,15-16H,3-4,9,14H2,1-2H3/t16-/m1/s1. The number of hydrogen-bond acceptors (Lipinski definition) is 4. The molecule has 0 radical (unpaired) electrons. The first-order valence-corrected chi connectivity index (χ1v) is 10.7. The van der Waals surface area contributed by atoms with E-state index in [9.17, 15) is 0 Å². The van der Waals surface area contributed by atoms with Crippen molar-refractivity contribution in [1.82, 2.24) is 19.7 Å². The molecule has 0 aliphatic carbocycles. The van der Waals surface area contributed by atoms with E-state index in [0.717, 1.165) is 25.0 Å². The van der Waals surface area contributed by atoms with Crippen LogP contribution >= 0.6 is 11.3 Å². The summed E-state index contributed by atoms with van der Waals surface area (Å²) in [4.78, 5) is 7.10. The molecule has 1 aliphatic rings. The first-order chi connectivity index (χ1) is 13.7. The maximum atomic E-state index is 4.49. The van der Waals surface area contributed by atoms with Crippen LogP contribution in [0.2, 0.25) is 0 Å². The number of hydrogen-bond donors (Lipinski definition) is 0. The maximum absolute atomic E-state index is 4.49. The Bertz CT molecular complexity index is 1130. The van der Waals surface area contributed by atoms with Crippen LogP contribution in [0.4, 0.5) is 0 Å². The van der Waals surface area contributed by atoms with Gasteiger partial charge in [-0.15, -0.1) is 11.3 Å². The van der Waals surface area contributed by atoms with Gasteiger partial charge in [-0.2, -0.15) is 5.10 Å². The molecule has 4 nitrogen and oxygen atoms in total. The minimum absolute atomic E-state index is 0.384. The van der Waals surface area contributed by atoms with Crippen LogP contribution in [-0.2, 0) is 20.0 Å². The third-order valence-corrected chi connectivity index (χ3v) is 6.70. The molecule has 1 atom stereocenters. The molecule has 0 amide bonds. The van der Waals surface area contributed by atoms with Gasteiger partial charge in [0.15, 0.2) is 0 Å². The van der Waals surface area contributed by atoms with E-state index in [-0.39, 0.29) is 0 Å². The van der Waals surface area contributed by atoms with Crippen molar-refractivity contribution in [3.63, 3.8) is 0 Å². The molecule has 2 aromatic carbocycles. The lowest BCUT2D eigenvalue weighted by molar-refractivity contribution is 0.205. The fraction of sp³-hybridized carbons (Fsp3) is 0.304. The van der Waals surface area contributed by atoms with Crippen molar-refractivity contribution in [3.8, 4) is 11.1 Å². The Morgan fingerprint density at radius 2 is 2.00 bits per heavy atom. The van der Waals surface area contributed by atoms with Crippen LogP contribution in [0.25, 0.3) is 21.3 Å². The molecule has 28 heavy (non-hydrogen) atoms. The fourth-order valence-corrected chi connectivity index (χ4v) is 4.87. The summed E-state index contributed by atoms with van der Waals surface area (Å²) in [6.07, 6.45) is 6.35. The van der Waals surface area contributed by atoms with Gasteiger partial charge >= 0.3 is 0 Å². The molecule has 3 heterocycles. The van der Waals surface area contributed by atoms with E-state index >= 15 is 0 Å². The van der Waals surface area contributed by atoms with Crippen LogP contribution in [0.15, 0.2) is 54.3 Å². The first kappa shape index (κ1) is 17.6. The van der Waals surface area contributed by atoms with Crippen molar-refractivity contribution >= 4 is 21.6 Å². The first-order valence-electron chi connectivity index (χ1n) is 9.85. The van der Waals surface area contributed by atoms with Crippen LogP contribution < -0.4 is 0 Å². The Kier molecular flexibility index (Phi) is 4.49. The number of thiazole rings is 1. The molecule has 142 valence electrons. The molecule has 0 spiro atoms. The fourth-order valence-electron chi connectivity index (χ4n) is 4.21. The van der Waals surface area contributed by atoms with E-state index in [1.807, 2.05) is 23.4 Å². The average molecular weight is 389 g/mol. The van der Waals surface area contributed by atoms with Gasteiger partial charge in [0.05, 0.1) is 21.9 Å². The minimum Gasteiger partial charge on any atom is -0.292 e. The largest absolute Gasteiger partial charge is 0.292 e. The molecule has 4 aromatic rings. The van der Waals surface area contributed by atoms with Crippen molar-refractivity contribution < 1.29 is 0 Å². The summed E-state index contributed by atoms with van der Waals surface area (Å²) < 4.78 is 3.13. The van der Waals surface area contributed by atoms with Gasteiger partial charge in [-0.05, 0) is 60.7 Å². The summed E-state index contributed by atoms with van der Waals surface area (Å²) in [5, 5.41) is 4.31. The highest BCUT2D eigenvalue weighted by molar-refractivity contribution is 7.16. The summed E-state index contributed by atoms with van der Waals surface area (Å²) in [6.45, 7) is 4.44. The highest BCUT2D eigenvalue weighted by atomic mass is 32.1. The summed E-state index contributed by atoms with van der Waals surface area (Å²) in [6, 6.07) is 14.0. The second-order valence-corrected chi connectivity index (χ2v) is 8.60. The predicted octanol–water partition coefficient (Wildman–Crippen LogP) is 5.21. The third kappa shape index (κ3) is 3.25. The molecule has 5 heteroatoms. The molecule has 0 N–H and O–H groups in total. The Labute approximate surface area is 169 Å². The van der Waals surface area contributed by atoms with Crippen LogP contribution in [0, 0.1) is 0 Å². The summed E-state index contributed by atoms with van der Waals surface area (Å²) >= 11 is 1.71. The van der Waals surface area contributed by atoms with Crippen molar-refractivity contribution in [3.05, 3.63) is 71.0 Å². The number of fused-ring (bicyclic) bond motifs is 2. The number of nitrogens with zero attached hydrogens (tertiary/aromatic N) is 4. The summed E-state index contributed by atoms with van der Waals surface area (Å²) in [5.74, 6) is 0. The maximum Gasteiger partial charge on any atom is 0.0815 e. The lowest BCUT2D eigenvalue weighted by Crippen LogP contribution is -2.26. The SMILES string of the molecule is C[C@H](c1ccc2scnc2c1)N1CCCc2cc(-c3cnn(C)c3)ccc2C1. The van der Waals surface area contributed by atoms with Crippen LogP contribution in [0.1, 0.15) is 36.1 Å². The van der Waals surface area contributed by atoms with E-state index in [1.54, 1.807) is 11.3 Å². The smallest absolute Gasteiger partial charge is 0.0815 e. The Morgan fingerprint density at radius 3 is 2.86 bits per heavy atom. The van der Waals surface area contributed by atoms with Gasteiger partial charge in [-0.25, -0.2) is 4.98 Å². The normalized spacial score (nSPS) is 16.1. The highest BCUT2D eigenvalue weighted by Crippen LogP contribution is 2.31. The quantitative estimate of drug-likeness (QED) is 0.483. The molecule has 0 saturated carbocycles. The topological polar surface area (TPSA) is 34.0 Å². The number of aromatic nitrogens is 3. The van der Waals surface area contributed by atoms with Gasteiger partial charge in [0.1, 0.15) is 0 Å². The van der Waals surface area contributed by atoms with Gasteiger partial charge in [0.25, 0.3) is 0 Å². The lowest BCUT2D eigenvalue weighted by atomic mass is 9.98. The molecule has 0 fully saturated rings. The van der Waals surface area contributed by atoms with Crippen molar-refractivity contribution in [2.24, 2.45) is 7.05 Å². The Morgan fingerprint density at radius 1 is 1.07 bits per heavy atom. The van der Waals surface area contributed by atoms with Crippen LogP contribution in [0.3, 0.4) is 0 Å². The van der Waals surface area contributed by atoms with Gasteiger partial charge in [-0.1, -0.05) is 24.3 Å². The second-order valence-electron chi connectivity index (χ2n) is 7.72. The van der Waals surface area contributed by atoms with Crippen LogP contribution in [0.5, 0.6) is 0 Å². The summed E-state index contributed by atoms with van der Waals surface area (Å²) in [5.41, 5.74) is 9.79. The third-order valence-electron chi connectivity index (χ3n) is 5.89. The monoisotopic (exact) mass is 388 g/mol. The minimum atomic E-state index is 0.384. The number of rotatable bonds is 3. The number of benzene rings is 2. The van der Waals surface area contributed by atoms with Crippen molar-refractivity contribution in [2.75, 3.05) is 6.54 Å². The zero-order valence-corrected chi connectivity index (χ0v) is 17.1. The van der Waals surface area contributed by atoms with Gasteiger partial charge in [-0.3, -0.25) is 9.58 Å². The Balaban J connectivity index is 1.41. The summed E-state index contributed by atoms with van der Waals surface area (Å²) in [7, 11) is 1.97. The van der Waals surface area contributed by atoms with Gasteiger partial charge < -0.3 is 0 Å². The second kappa shape index (κ2) is 7.15. The molecule has 0 saturated heterocycles. The Hall–Kier alpha value is -2.50. The molecular formula is C23H24N4S. The molecule has 5 rings (SSSR count). The van der Waals surface area contributed by atoms with Crippen LogP contribution in [-0.4, -0.2) is 26.2 Å².